The van der Waals surface area contributed by atoms with Gasteiger partial charge in [0.2, 0.25) is 11.8 Å². The van der Waals surface area contributed by atoms with Gasteiger partial charge < -0.3 is 9.64 Å². The van der Waals surface area contributed by atoms with Crippen molar-refractivity contribution in [2.75, 3.05) is 18.6 Å². The van der Waals surface area contributed by atoms with Crippen LogP contribution in [-0.4, -0.2) is 23.6 Å². The first-order chi connectivity index (χ1) is 10.9. The highest BCUT2D eigenvalue weighted by molar-refractivity contribution is 5.58. The second-order valence-electron chi connectivity index (χ2n) is 4.85. The van der Waals surface area contributed by atoms with Crippen LogP contribution in [0.15, 0.2) is 30.5 Å². The van der Waals surface area contributed by atoms with E-state index >= 15 is 0 Å². The molecule has 0 fully saturated rings. The fourth-order valence-electron chi connectivity index (χ4n) is 2.19. The smallest absolute Gasteiger partial charge is 0.423 e. The molecule has 0 radical (unpaired) electrons. The fourth-order valence-corrected chi connectivity index (χ4v) is 2.19. The van der Waals surface area contributed by atoms with Crippen molar-refractivity contribution in [2.24, 2.45) is 0 Å². The van der Waals surface area contributed by atoms with E-state index < -0.39 is 17.6 Å². The Bertz CT molecular complexity index is 657. The first-order valence-electron chi connectivity index (χ1n) is 7.25. The molecule has 2 aromatic rings. The molecular formula is C16H18F3N3O. The third kappa shape index (κ3) is 3.72. The van der Waals surface area contributed by atoms with Gasteiger partial charge in [0.15, 0.2) is 0 Å². The van der Waals surface area contributed by atoms with Crippen LogP contribution in [-0.2, 0) is 12.6 Å². The molecule has 0 atom stereocenters. The molecule has 0 saturated carbocycles. The van der Waals surface area contributed by atoms with Gasteiger partial charge in [-0.3, -0.25) is 0 Å². The fraction of sp³-hybridized carbons (Fsp3) is 0.375. The number of aryl methyl sites for hydroxylation is 1. The van der Waals surface area contributed by atoms with Crippen molar-refractivity contribution in [3.63, 3.8) is 0 Å². The topological polar surface area (TPSA) is 38.2 Å². The number of nitrogens with zero attached hydrogens (tertiary/aromatic N) is 3. The van der Waals surface area contributed by atoms with Crippen LogP contribution in [0.4, 0.5) is 24.8 Å². The third-order valence-electron chi connectivity index (χ3n) is 3.45. The molecule has 0 unspecified atom stereocenters. The van der Waals surface area contributed by atoms with Gasteiger partial charge >= 0.3 is 6.18 Å². The molecule has 1 heterocycles. The van der Waals surface area contributed by atoms with E-state index in [2.05, 4.69) is 16.9 Å². The Morgan fingerprint density at radius 2 is 1.78 bits per heavy atom. The minimum atomic E-state index is -4.55. The lowest BCUT2D eigenvalue weighted by Gasteiger charge is -2.22. The van der Waals surface area contributed by atoms with Gasteiger partial charge in [-0.25, -0.2) is 4.98 Å². The van der Waals surface area contributed by atoms with Crippen LogP contribution in [0.2, 0.25) is 0 Å². The van der Waals surface area contributed by atoms with Crippen molar-refractivity contribution in [1.82, 2.24) is 9.97 Å². The quantitative estimate of drug-likeness (QED) is 0.825. The van der Waals surface area contributed by atoms with Gasteiger partial charge in [-0.2, -0.15) is 18.2 Å². The third-order valence-corrected chi connectivity index (χ3v) is 3.45. The molecular weight excluding hydrogens is 307 g/mol. The lowest BCUT2D eigenvalue weighted by Crippen LogP contribution is -2.20. The predicted octanol–water partition coefficient (Wildman–Crippen LogP) is 4.22. The summed E-state index contributed by atoms with van der Waals surface area (Å²) in [7, 11) is 1.16. The Hall–Kier alpha value is -2.31. The number of alkyl halides is 3. The van der Waals surface area contributed by atoms with E-state index in [4.69, 9.17) is 4.74 Å². The second-order valence-corrected chi connectivity index (χ2v) is 4.85. The highest BCUT2D eigenvalue weighted by Gasteiger charge is 2.36. The summed E-state index contributed by atoms with van der Waals surface area (Å²) < 4.78 is 43.4. The van der Waals surface area contributed by atoms with Gasteiger partial charge in [0, 0.05) is 18.4 Å². The summed E-state index contributed by atoms with van der Waals surface area (Å²) in [5, 5.41) is 0. The number of anilines is 2. The van der Waals surface area contributed by atoms with Gasteiger partial charge in [-0.15, -0.1) is 0 Å². The van der Waals surface area contributed by atoms with E-state index in [9.17, 15) is 13.2 Å². The zero-order chi connectivity index (χ0) is 17.0. The normalized spacial score (nSPS) is 11.4. The highest BCUT2D eigenvalue weighted by Crippen LogP contribution is 2.36. The van der Waals surface area contributed by atoms with Gasteiger partial charge in [-0.1, -0.05) is 19.1 Å². The summed E-state index contributed by atoms with van der Waals surface area (Å²) in [6.07, 6.45) is -2.88. The number of hydrogen-bond acceptors (Lipinski definition) is 4. The molecule has 0 amide bonds. The Morgan fingerprint density at radius 3 is 2.26 bits per heavy atom. The molecule has 0 aliphatic heterocycles. The van der Waals surface area contributed by atoms with Gasteiger partial charge in [0.1, 0.15) is 5.56 Å². The van der Waals surface area contributed by atoms with Gasteiger partial charge in [-0.05, 0) is 31.0 Å². The van der Waals surface area contributed by atoms with E-state index in [1.165, 1.54) is 5.56 Å². The largest absolute Gasteiger partial charge is 0.480 e. The first-order valence-corrected chi connectivity index (χ1v) is 7.25. The summed E-state index contributed by atoms with van der Waals surface area (Å²) in [5.41, 5.74) is 1.00. The van der Waals surface area contributed by atoms with Crippen molar-refractivity contribution in [3.05, 3.63) is 41.6 Å². The Balaban J connectivity index is 2.41. The minimum absolute atomic E-state index is 0.168. The molecule has 124 valence electrons. The number of ether oxygens (including phenoxy) is 1. The minimum Gasteiger partial charge on any atom is -0.480 e. The zero-order valence-corrected chi connectivity index (χ0v) is 13.2. The SMILES string of the molecule is CCc1ccc(N(CC)c2ncc(C(F)(F)F)c(OC)n2)cc1. The number of rotatable bonds is 5. The molecule has 2 rings (SSSR count). The van der Waals surface area contributed by atoms with Crippen LogP contribution in [0.1, 0.15) is 25.0 Å². The van der Waals surface area contributed by atoms with E-state index in [-0.39, 0.29) is 5.95 Å². The van der Waals surface area contributed by atoms with Crippen molar-refractivity contribution in [2.45, 2.75) is 26.4 Å². The van der Waals surface area contributed by atoms with Crippen molar-refractivity contribution < 1.29 is 17.9 Å². The summed E-state index contributed by atoms with van der Waals surface area (Å²) in [6, 6.07) is 7.74. The lowest BCUT2D eigenvalue weighted by atomic mass is 10.1. The molecule has 0 aliphatic rings. The van der Waals surface area contributed by atoms with Crippen LogP contribution in [0.25, 0.3) is 0 Å². The summed E-state index contributed by atoms with van der Waals surface area (Å²) in [4.78, 5) is 9.50. The molecule has 0 aliphatic carbocycles. The Morgan fingerprint density at radius 1 is 1.13 bits per heavy atom. The number of aromatic nitrogens is 2. The number of halogens is 3. The molecule has 7 heteroatoms. The van der Waals surface area contributed by atoms with E-state index in [1.54, 1.807) is 4.90 Å². The molecule has 1 aromatic heterocycles. The summed E-state index contributed by atoms with van der Waals surface area (Å²) in [6.45, 7) is 4.44. The van der Waals surface area contributed by atoms with Crippen LogP contribution >= 0.6 is 0 Å². The predicted molar refractivity (Wildman–Crippen MR) is 82.1 cm³/mol. The average Bonchev–Trinajstić information content (AvgIpc) is 2.55. The molecule has 4 nitrogen and oxygen atoms in total. The molecule has 0 spiro atoms. The first kappa shape index (κ1) is 17.1. The maximum Gasteiger partial charge on any atom is 0.423 e. The zero-order valence-electron chi connectivity index (χ0n) is 13.2. The monoisotopic (exact) mass is 325 g/mol. The number of hydrogen-bond donors (Lipinski definition) is 0. The Labute approximate surface area is 132 Å². The standard InChI is InChI=1S/C16H18F3N3O/c1-4-11-6-8-12(9-7-11)22(5-2)15-20-10-13(16(17,18)19)14(21-15)23-3/h6-10H,4-5H2,1-3H3. The van der Waals surface area contributed by atoms with E-state index in [0.717, 1.165) is 25.4 Å². The molecule has 1 aromatic carbocycles. The van der Waals surface area contributed by atoms with Crippen molar-refractivity contribution >= 4 is 11.6 Å². The second kappa shape index (κ2) is 6.85. The van der Waals surface area contributed by atoms with Crippen LogP contribution < -0.4 is 9.64 Å². The Kier molecular flexibility index (Phi) is 5.08. The number of benzene rings is 1. The molecule has 23 heavy (non-hydrogen) atoms. The average molecular weight is 325 g/mol. The lowest BCUT2D eigenvalue weighted by molar-refractivity contribution is -0.139. The number of methoxy groups -OCH3 is 1. The maximum atomic E-state index is 12.9. The van der Waals surface area contributed by atoms with Gasteiger partial charge in [0.25, 0.3) is 0 Å². The van der Waals surface area contributed by atoms with Crippen molar-refractivity contribution in [3.8, 4) is 5.88 Å². The molecule has 0 N–H and O–H groups in total. The highest BCUT2D eigenvalue weighted by atomic mass is 19.4. The van der Waals surface area contributed by atoms with Gasteiger partial charge in [0.05, 0.1) is 7.11 Å². The van der Waals surface area contributed by atoms with Crippen molar-refractivity contribution in [1.29, 1.82) is 0 Å². The summed E-state index contributed by atoms with van der Waals surface area (Å²) >= 11 is 0. The molecule has 0 bridgehead atoms. The van der Waals surface area contributed by atoms with E-state index in [1.807, 2.05) is 31.2 Å². The maximum absolute atomic E-state index is 12.9. The summed E-state index contributed by atoms with van der Waals surface area (Å²) in [5.74, 6) is -0.312. The van der Waals surface area contributed by atoms with E-state index in [0.29, 0.717) is 6.54 Å². The van der Waals surface area contributed by atoms with Crippen LogP contribution in [0, 0.1) is 0 Å². The van der Waals surface area contributed by atoms with Crippen LogP contribution in [0.3, 0.4) is 0 Å². The molecule has 0 saturated heterocycles. The van der Waals surface area contributed by atoms with Crippen LogP contribution in [0.5, 0.6) is 5.88 Å².